The van der Waals surface area contributed by atoms with Gasteiger partial charge in [-0.05, 0) is 19.1 Å². The van der Waals surface area contributed by atoms with Crippen molar-refractivity contribution in [1.82, 2.24) is 14.8 Å². The van der Waals surface area contributed by atoms with Crippen molar-refractivity contribution in [2.24, 2.45) is 0 Å². The summed E-state index contributed by atoms with van der Waals surface area (Å²) in [4.78, 5) is 15.5. The van der Waals surface area contributed by atoms with Crippen LogP contribution in [0.4, 0.5) is 0 Å². The second kappa shape index (κ2) is 4.47. The van der Waals surface area contributed by atoms with Crippen LogP contribution in [0.25, 0.3) is 10.2 Å². The van der Waals surface area contributed by atoms with Crippen molar-refractivity contribution in [3.8, 4) is 0 Å². The zero-order valence-electron chi connectivity index (χ0n) is 10.2. The average Bonchev–Trinajstić information content (AvgIpc) is 2.92. The third kappa shape index (κ3) is 2.22. The Kier molecular flexibility index (Phi) is 2.79. The second-order valence-corrected chi connectivity index (χ2v) is 5.32. The normalized spacial score (nSPS) is 11.0. The fourth-order valence-corrected chi connectivity index (χ4v) is 2.89. The summed E-state index contributed by atoms with van der Waals surface area (Å²) in [6, 6.07) is 7.91. The number of carboxylic acids is 1. The fraction of sp³-hybridized carbons (Fsp3) is 0.154. The lowest BCUT2D eigenvalue weighted by atomic mass is 10.3. The van der Waals surface area contributed by atoms with Crippen molar-refractivity contribution in [2.45, 2.75) is 13.5 Å². The van der Waals surface area contributed by atoms with Gasteiger partial charge in [0.15, 0.2) is 0 Å². The Morgan fingerprint density at radius 2 is 2.21 bits per heavy atom. The molecule has 0 unspecified atom stereocenters. The molecular weight excluding hydrogens is 262 g/mol. The van der Waals surface area contributed by atoms with Crippen LogP contribution in [0, 0.1) is 6.92 Å². The molecule has 19 heavy (non-hydrogen) atoms. The zero-order valence-corrected chi connectivity index (χ0v) is 11.0. The molecular formula is C13H11N3O2S. The molecule has 0 bridgehead atoms. The number of nitrogens with zero attached hydrogens (tertiary/aromatic N) is 3. The Morgan fingerprint density at radius 1 is 1.42 bits per heavy atom. The van der Waals surface area contributed by atoms with Gasteiger partial charge in [0.1, 0.15) is 10.6 Å². The number of carboxylic acid groups (broad SMARTS) is 1. The molecule has 6 heteroatoms. The minimum absolute atomic E-state index is 0.237. The van der Waals surface area contributed by atoms with Gasteiger partial charge in [-0.15, -0.1) is 11.3 Å². The highest BCUT2D eigenvalue weighted by atomic mass is 32.1. The Bertz CT molecular complexity index is 727. The van der Waals surface area contributed by atoms with E-state index in [9.17, 15) is 4.79 Å². The minimum Gasteiger partial charge on any atom is -0.478 e. The van der Waals surface area contributed by atoms with Crippen LogP contribution in [0.1, 0.15) is 21.1 Å². The van der Waals surface area contributed by atoms with Gasteiger partial charge in [-0.1, -0.05) is 12.1 Å². The number of fused-ring (bicyclic) bond motifs is 1. The molecule has 3 rings (SSSR count). The van der Waals surface area contributed by atoms with E-state index in [0.29, 0.717) is 12.2 Å². The molecule has 3 aromatic rings. The minimum atomic E-state index is -0.951. The van der Waals surface area contributed by atoms with Gasteiger partial charge < -0.3 is 5.11 Å². The van der Waals surface area contributed by atoms with Crippen LogP contribution in [0.15, 0.2) is 30.5 Å². The fourth-order valence-electron chi connectivity index (χ4n) is 1.93. The maximum atomic E-state index is 11.0. The summed E-state index contributed by atoms with van der Waals surface area (Å²) in [5.74, 6) is -0.951. The lowest BCUT2D eigenvalue weighted by Crippen LogP contribution is -1.99. The number of hydrogen-bond donors (Lipinski definition) is 1. The average molecular weight is 273 g/mol. The molecule has 0 spiro atoms. The van der Waals surface area contributed by atoms with Crippen LogP contribution in [-0.4, -0.2) is 25.8 Å². The molecule has 2 heterocycles. The van der Waals surface area contributed by atoms with Gasteiger partial charge in [0, 0.05) is 6.20 Å². The van der Waals surface area contributed by atoms with Gasteiger partial charge in [-0.2, -0.15) is 5.10 Å². The van der Waals surface area contributed by atoms with Crippen LogP contribution < -0.4 is 0 Å². The summed E-state index contributed by atoms with van der Waals surface area (Å²) >= 11 is 1.60. The summed E-state index contributed by atoms with van der Waals surface area (Å²) in [5.41, 5.74) is 1.72. The van der Waals surface area contributed by atoms with Crippen LogP contribution in [0.5, 0.6) is 0 Å². The third-order valence-electron chi connectivity index (χ3n) is 2.81. The van der Waals surface area contributed by atoms with Crippen LogP contribution >= 0.6 is 11.3 Å². The van der Waals surface area contributed by atoms with Crippen LogP contribution in [-0.2, 0) is 6.54 Å². The van der Waals surface area contributed by atoms with E-state index in [1.165, 1.54) is 0 Å². The summed E-state index contributed by atoms with van der Waals surface area (Å²) in [6.45, 7) is 2.19. The molecule has 0 radical (unpaired) electrons. The molecule has 0 amide bonds. The number of thiazole rings is 1. The first-order chi connectivity index (χ1) is 9.13. The summed E-state index contributed by atoms with van der Waals surface area (Å²) in [5, 5.41) is 14.1. The Hall–Kier alpha value is -2.21. The monoisotopic (exact) mass is 273 g/mol. The van der Waals surface area contributed by atoms with Crippen molar-refractivity contribution in [2.75, 3.05) is 0 Å². The predicted octanol–water partition coefficient (Wildman–Crippen LogP) is 2.55. The van der Waals surface area contributed by atoms with E-state index in [1.807, 2.05) is 24.3 Å². The first-order valence-electron chi connectivity index (χ1n) is 5.75. The van der Waals surface area contributed by atoms with Crippen molar-refractivity contribution >= 4 is 27.5 Å². The molecule has 0 saturated carbocycles. The number of aryl methyl sites for hydroxylation is 1. The van der Waals surface area contributed by atoms with E-state index in [0.717, 1.165) is 15.2 Å². The number of para-hydroxylation sites is 1. The lowest BCUT2D eigenvalue weighted by molar-refractivity contribution is 0.0696. The highest BCUT2D eigenvalue weighted by Crippen LogP contribution is 2.22. The molecule has 1 N–H and O–H groups in total. The first kappa shape index (κ1) is 11.9. The third-order valence-corrected chi connectivity index (χ3v) is 3.83. The molecule has 0 aliphatic heterocycles. The quantitative estimate of drug-likeness (QED) is 0.796. The van der Waals surface area contributed by atoms with E-state index in [2.05, 4.69) is 10.1 Å². The predicted molar refractivity (Wildman–Crippen MR) is 72.6 cm³/mol. The van der Waals surface area contributed by atoms with Gasteiger partial charge in [0.2, 0.25) is 0 Å². The largest absolute Gasteiger partial charge is 0.478 e. The van der Waals surface area contributed by atoms with Gasteiger partial charge in [-0.3, -0.25) is 4.68 Å². The summed E-state index contributed by atoms with van der Waals surface area (Å²) in [7, 11) is 0. The molecule has 5 nitrogen and oxygen atoms in total. The number of aromatic carboxylic acids is 1. The van der Waals surface area contributed by atoms with Gasteiger partial charge >= 0.3 is 5.97 Å². The highest BCUT2D eigenvalue weighted by molar-refractivity contribution is 7.18. The molecule has 0 aliphatic carbocycles. The van der Waals surface area contributed by atoms with E-state index in [1.54, 1.807) is 29.1 Å². The van der Waals surface area contributed by atoms with E-state index in [4.69, 9.17) is 5.11 Å². The molecule has 0 atom stereocenters. The maximum Gasteiger partial charge on any atom is 0.339 e. The van der Waals surface area contributed by atoms with Gasteiger partial charge in [0.25, 0.3) is 0 Å². The summed E-state index contributed by atoms with van der Waals surface area (Å²) < 4.78 is 2.75. The van der Waals surface area contributed by atoms with Crippen molar-refractivity contribution < 1.29 is 9.90 Å². The van der Waals surface area contributed by atoms with E-state index >= 15 is 0 Å². The Labute approximate surface area is 113 Å². The molecule has 0 fully saturated rings. The van der Waals surface area contributed by atoms with Crippen molar-refractivity contribution in [1.29, 1.82) is 0 Å². The SMILES string of the molecule is Cc1nn(Cc2nc3ccccc3s2)cc1C(=O)O. The number of benzene rings is 1. The zero-order chi connectivity index (χ0) is 13.4. The molecule has 2 aromatic heterocycles. The molecule has 1 aromatic carbocycles. The first-order valence-corrected chi connectivity index (χ1v) is 6.57. The molecule has 0 saturated heterocycles. The molecule has 96 valence electrons. The van der Waals surface area contributed by atoms with Crippen molar-refractivity contribution in [3.05, 3.63) is 46.7 Å². The molecule has 0 aliphatic rings. The van der Waals surface area contributed by atoms with E-state index in [-0.39, 0.29) is 5.56 Å². The van der Waals surface area contributed by atoms with Crippen LogP contribution in [0.2, 0.25) is 0 Å². The van der Waals surface area contributed by atoms with Gasteiger partial charge in [0.05, 0.1) is 22.5 Å². The number of hydrogen-bond acceptors (Lipinski definition) is 4. The smallest absolute Gasteiger partial charge is 0.339 e. The Balaban J connectivity index is 1.92. The van der Waals surface area contributed by atoms with Crippen LogP contribution in [0.3, 0.4) is 0 Å². The Morgan fingerprint density at radius 3 is 2.89 bits per heavy atom. The van der Waals surface area contributed by atoms with Gasteiger partial charge in [-0.25, -0.2) is 9.78 Å². The maximum absolute atomic E-state index is 11.0. The number of carbonyl (C=O) groups is 1. The summed E-state index contributed by atoms with van der Waals surface area (Å²) in [6.07, 6.45) is 1.55. The number of aromatic nitrogens is 3. The van der Waals surface area contributed by atoms with E-state index < -0.39 is 5.97 Å². The number of rotatable bonds is 3. The standard InChI is InChI=1S/C13H11N3O2S/c1-8-9(13(17)18)6-16(15-8)7-12-14-10-4-2-3-5-11(10)19-12/h2-6H,7H2,1H3,(H,17,18). The highest BCUT2D eigenvalue weighted by Gasteiger charge is 2.12. The van der Waals surface area contributed by atoms with Crippen molar-refractivity contribution in [3.63, 3.8) is 0 Å². The topological polar surface area (TPSA) is 68.0 Å². The second-order valence-electron chi connectivity index (χ2n) is 4.21. The lowest BCUT2D eigenvalue weighted by Gasteiger charge is -1.95.